The molecule has 1 fully saturated rings. The topological polar surface area (TPSA) is 61.4 Å². The fourth-order valence-corrected chi connectivity index (χ4v) is 3.59. The van der Waals surface area contributed by atoms with E-state index in [1.54, 1.807) is 12.1 Å². The Labute approximate surface area is 144 Å². The van der Waals surface area contributed by atoms with E-state index in [9.17, 15) is 14.3 Å². The van der Waals surface area contributed by atoms with Gasteiger partial charge in [-0.1, -0.05) is 18.6 Å². The lowest BCUT2D eigenvalue weighted by atomic mass is 9.77. The fraction of sp³-hybridized carbons (Fsp3) is 0.389. The number of halogens is 1. The maximum Gasteiger partial charge on any atom is 0.315 e. The minimum absolute atomic E-state index is 0.127. The molecule has 24 heavy (non-hydrogen) atoms. The van der Waals surface area contributed by atoms with E-state index in [0.29, 0.717) is 5.92 Å². The molecule has 0 radical (unpaired) electrons. The van der Waals surface area contributed by atoms with Gasteiger partial charge in [-0.25, -0.2) is 9.18 Å². The Bertz CT molecular complexity index is 656. The number of carbonyl (C=O) groups excluding carboxylic acids is 1. The van der Waals surface area contributed by atoms with E-state index in [4.69, 9.17) is 0 Å². The highest BCUT2D eigenvalue weighted by Crippen LogP contribution is 2.37. The molecular weight excluding hydrogens is 327 g/mol. The third-order valence-electron chi connectivity index (χ3n) is 4.52. The van der Waals surface area contributed by atoms with Gasteiger partial charge in [-0.15, -0.1) is 0 Å². The number of thiophene rings is 1. The van der Waals surface area contributed by atoms with Gasteiger partial charge in [0.05, 0.1) is 12.1 Å². The van der Waals surface area contributed by atoms with Crippen molar-refractivity contribution in [3.8, 4) is 0 Å². The summed E-state index contributed by atoms with van der Waals surface area (Å²) in [6, 6.07) is 7.67. The second-order valence-electron chi connectivity index (χ2n) is 6.15. The molecule has 2 unspecified atom stereocenters. The number of rotatable bonds is 6. The minimum Gasteiger partial charge on any atom is -0.387 e. The average molecular weight is 348 g/mol. The van der Waals surface area contributed by atoms with E-state index < -0.39 is 6.10 Å². The predicted molar refractivity (Wildman–Crippen MR) is 92.3 cm³/mol. The van der Waals surface area contributed by atoms with Crippen molar-refractivity contribution >= 4 is 17.4 Å². The summed E-state index contributed by atoms with van der Waals surface area (Å²) in [4.78, 5) is 12.2. The van der Waals surface area contributed by atoms with Gasteiger partial charge in [0.25, 0.3) is 0 Å². The number of hydrogen-bond donors (Lipinski definition) is 3. The van der Waals surface area contributed by atoms with Gasteiger partial charge in [-0.05, 0) is 58.8 Å². The molecule has 1 aliphatic carbocycles. The lowest BCUT2D eigenvalue weighted by molar-refractivity contribution is 0.169. The van der Waals surface area contributed by atoms with Crippen LogP contribution in [0.15, 0.2) is 41.1 Å². The van der Waals surface area contributed by atoms with Crippen molar-refractivity contribution in [3.63, 3.8) is 0 Å². The molecule has 0 saturated heterocycles. The smallest absolute Gasteiger partial charge is 0.315 e. The van der Waals surface area contributed by atoms with E-state index >= 15 is 0 Å². The summed E-state index contributed by atoms with van der Waals surface area (Å²) in [5, 5.41) is 19.5. The highest BCUT2D eigenvalue weighted by Gasteiger charge is 2.29. The zero-order valence-electron chi connectivity index (χ0n) is 13.2. The van der Waals surface area contributed by atoms with Crippen molar-refractivity contribution in [2.75, 3.05) is 6.54 Å². The van der Waals surface area contributed by atoms with Crippen LogP contribution in [0.2, 0.25) is 0 Å². The van der Waals surface area contributed by atoms with Crippen LogP contribution >= 0.6 is 11.3 Å². The molecule has 128 valence electrons. The first-order chi connectivity index (χ1) is 11.6. The Morgan fingerprint density at radius 3 is 2.58 bits per heavy atom. The van der Waals surface area contributed by atoms with Crippen LogP contribution in [-0.4, -0.2) is 17.7 Å². The van der Waals surface area contributed by atoms with Gasteiger partial charge in [0.1, 0.15) is 5.82 Å². The molecule has 0 aliphatic heterocycles. The molecule has 1 saturated carbocycles. The second kappa shape index (κ2) is 7.77. The molecule has 4 nitrogen and oxygen atoms in total. The Kier molecular flexibility index (Phi) is 5.48. The quantitative estimate of drug-likeness (QED) is 0.744. The highest BCUT2D eigenvalue weighted by molar-refractivity contribution is 7.07. The number of hydrogen-bond acceptors (Lipinski definition) is 3. The van der Waals surface area contributed by atoms with Crippen molar-refractivity contribution < 1.29 is 14.3 Å². The van der Waals surface area contributed by atoms with E-state index in [1.807, 2.05) is 16.8 Å². The largest absolute Gasteiger partial charge is 0.387 e. The van der Waals surface area contributed by atoms with Crippen LogP contribution in [0.4, 0.5) is 9.18 Å². The molecule has 1 aromatic heterocycles. The fourth-order valence-electron chi connectivity index (χ4n) is 2.88. The monoisotopic (exact) mass is 348 g/mol. The number of urea groups is 1. The summed E-state index contributed by atoms with van der Waals surface area (Å²) in [7, 11) is 0. The lowest BCUT2D eigenvalue weighted by Gasteiger charge is -2.34. The zero-order valence-corrected chi connectivity index (χ0v) is 14.1. The second-order valence-corrected chi connectivity index (χ2v) is 6.93. The van der Waals surface area contributed by atoms with Crippen LogP contribution in [0.3, 0.4) is 0 Å². The molecule has 2 atom stereocenters. The van der Waals surface area contributed by atoms with Crippen LogP contribution < -0.4 is 10.6 Å². The number of benzene rings is 1. The van der Waals surface area contributed by atoms with Gasteiger partial charge in [-0.2, -0.15) is 11.3 Å². The number of amides is 2. The van der Waals surface area contributed by atoms with E-state index in [1.165, 1.54) is 23.5 Å². The molecule has 1 aromatic carbocycles. The van der Waals surface area contributed by atoms with Crippen molar-refractivity contribution in [2.24, 2.45) is 5.92 Å². The molecule has 2 aromatic rings. The first-order valence-electron chi connectivity index (χ1n) is 8.13. The van der Waals surface area contributed by atoms with Gasteiger partial charge in [0, 0.05) is 6.54 Å². The molecule has 3 rings (SSSR count). The predicted octanol–water partition coefficient (Wildman–Crippen LogP) is 3.76. The van der Waals surface area contributed by atoms with Crippen molar-refractivity contribution in [3.05, 3.63) is 58.0 Å². The van der Waals surface area contributed by atoms with Gasteiger partial charge < -0.3 is 15.7 Å². The molecule has 1 aliphatic rings. The van der Waals surface area contributed by atoms with Crippen LogP contribution in [0.25, 0.3) is 0 Å². The third kappa shape index (κ3) is 4.13. The standard InChI is InChI=1S/C18H21FN2O2S/c19-15-6-4-13(5-7-15)17(12-2-1-3-12)21-18(23)20-10-16(22)14-8-9-24-11-14/h4-9,11-12,16-17,22H,1-3,10H2,(H2,20,21,23). The Morgan fingerprint density at radius 2 is 2.00 bits per heavy atom. The van der Waals surface area contributed by atoms with Gasteiger partial charge in [0.15, 0.2) is 0 Å². The van der Waals surface area contributed by atoms with Gasteiger partial charge in [-0.3, -0.25) is 0 Å². The van der Waals surface area contributed by atoms with E-state index in [0.717, 1.165) is 30.4 Å². The van der Waals surface area contributed by atoms with E-state index in [-0.39, 0.29) is 24.4 Å². The Hall–Kier alpha value is -1.92. The number of carbonyl (C=O) groups is 1. The Morgan fingerprint density at radius 1 is 1.25 bits per heavy atom. The van der Waals surface area contributed by atoms with Crippen molar-refractivity contribution in [2.45, 2.75) is 31.4 Å². The summed E-state index contributed by atoms with van der Waals surface area (Å²) in [5.74, 6) is 0.0949. The maximum atomic E-state index is 13.1. The SMILES string of the molecule is O=C(NCC(O)c1ccsc1)NC(c1ccc(F)cc1)C1CCC1. The lowest BCUT2D eigenvalue weighted by Crippen LogP contribution is -2.43. The third-order valence-corrected chi connectivity index (χ3v) is 5.22. The van der Waals surface area contributed by atoms with Gasteiger partial charge >= 0.3 is 6.03 Å². The average Bonchev–Trinajstić information content (AvgIpc) is 3.05. The summed E-state index contributed by atoms with van der Waals surface area (Å²) in [6.45, 7) is 0.156. The molecule has 0 bridgehead atoms. The minimum atomic E-state index is -0.713. The van der Waals surface area contributed by atoms with Crippen molar-refractivity contribution in [1.29, 1.82) is 0 Å². The molecular formula is C18H21FN2O2S. The summed E-state index contributed by atoms with van der Waals surface area (Å²) in [5.41, 5.74) is 1.71. The molecule has 3 N–H and O–H groups in total. The van der Waals surface area contributed by atoms with Crippen LogP contribution in [0, 0.1) is 11.7 Å². The normalized spacial score (nSPS) is 16.9. The number of aliphatic hydroxyl groups excluding tert-OH is 1. The first kappa shape index (κ1) is 16.9. The first-order valence-corrected chi connectivity index (χ1v) is 9.08. The van der Waals surface area contributed by atoms with Crippen LogP contribution in [0.5, 0.6) is 0 Å². The Balaban J connectivity index is 1.58. The zero-order chi connectivity index (χ0) is 16.9. The van der Waals surface area contributed by atoms with Crippen LogP contribution in [0.1, 0.15) is 42.5 Å². The van der Waals surface area contributed by atoms with Crippen molar-refractivity contribution in [1.82, 2.24) is 10.6 Å². The molecule has 0 spiro atoms. The summed E-state index contributed by atoms with van der Waals surface area (Å²) < 4.78 is 13.1. The van der Waals surface area contributed by atoms with Crippen LogP contribution in [-0.2, 0) is 0 Å². The molecule has 6 heteroatoms. The molecule has 1 heterocycles. The molecule has 2 amide bonds. The summed E-state index contributed by atoms with van der Waals surface area (Å²) >= 11 is 1.51. The van der Waals surface area contributed by atoms with Gasteiger partial charge in [0.2, 0.25) is 0 Å². The number of nitrogens with one attached hydrogen (secondary N) is 2. The summed E-state index contributed by atoms with van der Waals surface area (Å²) in [6.07, 6.45) is 2.55. The maximum absolute atomic E-state index is 13.1. The van der Waals surface area contributed by atoms with E-state index in [2.05, 4.69) is 10.6 Å². The number of aliphatic hydroxyl groups is 1. The highest BCUT2D eigenvalue weighted by atomic mass is 32.1.